The maximum absolute atomic E-state index is 13.6. The predicted molar refractivity (Wildman–Crippen MR) is 121 cm³/mol. The molecule has 8 nitrogen and oxygen atoms in total. The molecule has 1 aliphatic carbocycles. The second-order valence-electron chi connectivity index (χ2n) is 7.87. The third-order valence-corrected chi connectivity index (χ3v) is 5.90. The van der Waals surface area contributed by atoms with Crippen molar-refractivity contribution in [3.8, 4) is 18.0 Å². The molecule has 4 rings (SSSR count). The van der Waals surface area contributed by atoms with Crippen LogP contribution in [0.1, 0.15) is 30.5 Å². The Bertz CT molecular complexity index is 1330. The van der Waals surface area contributed by atoms with Gasteiger partial charge in [0.2, 0.25) is 0 Å². The third-order valence-electron chi connectivity index (χ3n) is 5.90. The smallest absolute Gasteiger partial charge is 0.337 e. The van der Waals surface area contributed by atoms with Crippen LogP contribution in [0, 0.1) is 26.2 Å². The molecule has 0 spiro atoms. The van der Waals surface area contributed by atoms with Gasteiger partial charge >= 0.3 is 5.69 Å². The van der Waals surface area contributed by atoms with Crippen molar-refractivity contribution < 1.29 is 0 Å². The van der Waals surface area contributed by atoms with Crippen LogP contribution in [0.3, 0.4) is 0 Å². The molecule has 158 valence electrons. The lowest BCUT2D eigenvalue weighted by Gasteiger charge is -2.41. The number of benzene rings is 1. The quantitative estimate of drug-likeness (QED) is 0.292. The summed E-state index contributed by atoms with van der Waals surface area (Å²) in [5.41, 5.74) is 6.77. The van der Waals surface area contributed by atoms with Gasteiger partial charge in [-0.15, -0.1) is 6.42 Å². The molecular formula is C23H24N6O2. The molecule has 3 aromatic rings. The number of terminal acetylenes is 1. The molecule has 1 aromatic carbocycles. The van der Waals surface area contributed by atoms with Crippen LogP contribution >= 0.6 is 0 Å². The van der Waals surface area contributed by atoms with Crippen molar-refractivity contribution in [1.29, 1.82) is 0 Å². The molecule has 1 saturated carbocycles. The Morgan fingerprint density at radius 3 is 2.48 bits per heavy atom. The molecule has 8 heteroatoms. The maximum atomic E-state index is 13.6. The molecule has 2 aromatic heterocycles. The Labute approximate surface area is 179 Å². The Hall–Kier alpha value is -3.83. The number of pyridine rings is 1. The number of nitrogens with zero attached hydrogens (tertiary/aromatic N) is 4. The Balaban J connectivity index is 2.10. The molecule has 0 radical (unpaired) electrons. The van der Waals surface area contributed by atoms with E-state index in [1.54, 1.807) is 43.5 Å². The number of rotatable bonds is 4. The van der Waals surface area contributed by atoms with Gasteiger partial charge in [-0.3, -0.25) is 19.4 Å². The first kappa shape index (κ1) is 20.4. The summed E-state index contributed by atoms with van der Waals surface area (Å²) in [6.07, 6.45) is 11.2. The fraction of sp³-hybridized carbons (Fsp3) is 0.261. The van der Waals surface area contributed by atoms with Crippen LogP contribution in [0.5, 0.6) is 0 Å². The molecule has 0 amide bonds. The van der Waals surface area contributed by atoms with Gasteiger partial charge in [0.25, 0.3) is 5.56 Å². The van der Waals surface area contributed by atoms with Crippen molar-refractivity contribution in [2.75, 3.05) is 10.7 Å². The summed E-state index contributed by atoms with van der Waals surface area (Å²) in [6.45, 7) is 3.53. The first-order valence-corrected chi connectivity index (χ1v) is 9.99. The first-order valence-electron chi connectivity index (χ1n) is 9.99. The van der Waals surface area contributed by atoms with Gasteiger partial charge in [-0.2, -0.15) is 0 Å². The molecule has 1 fully saturated rings. The van der Waals surface area contributed by atoms with Crippen molar-refractivity contribution >= 4 is 17.1 Å². The van der Waals surface area contributed by atoms with Crippen LogP contribution in [0.4, 0.5) is 17.1 Å². The summed E-state index contributed by atoms with van der Waals surface area (Å²) in [5.74, 6) is 9.20. The van der Waals surface area contributed by atoms with Crippen molar-refractivity contribution in [2.45, 2.75) is 38.6 Å². The summed E-state index contributed by atoms with van der Waals surface area (Å²) in [7, 11) is 0. The molecular weight excluding hydrogens is 392 g/mol. The predicted octanol–water partition coefficient (Wildman–Crippen LogP) is 2.12. The van der Waals surface area contributed by atoms with Crippen LogP contribution in [0.25, 0.3) is 5.69 Å². The van der Waals surface area contributed by atoms with Crippen molar-refractivity contribution in [3.05, 3.63) is 74.8 Å². The van der Waals surface area contributed by atoms with E-state index in [-0.39, 0.29) is 5.69 Å². The molecule has 31 heavy (non-hydrogen) atoms. The van der Waals surface area contributed by atoms with E-state index >= 15 is 0 Å². The molecule has 2 heterocycles. The molecule has 0 bridgehead atoms. The number of nitrogen functional groups attached to an aromatic ring is 1. The largest absolute Gasteiger partial charge is 0.397 e. The van der Waals surface area contributed by atoms with Gasteiger partial charge in [-0.05, 0) is 56.9 Å². The van der Waals surface area contributed by atoms with Gasteiger partial charge in [0.05, 0.1) is 29.0 Å². The monoisotopic (exact) mass is 416 g/mol. The number of para-hydroxylation sites is 2. The van der Waals surface area contributed by atoms with Crippen LogP contribution in [-0.2, 0) is 5.54 Å². The molecule has 1 aliphatic rings. The lowest BCUT2D eigenvalue weighted by molar-refractivity contribution is 0.206. The van der Waals surface area contributed by atoms with Gasteiger partial charge in [0, 0.05) is 6.20 Å². The van der Waals surface area contributed by atoms with Crippen LogP contribution in [0.15, 0.2) is 52.3 Å². The SMILES string of the molecule is C#CC1(n2c(C)c(N(N)c3ccccc3N)c(=O)n(-c3cncc(C)c3)c2=O)CCC1. The normalized spacial score (nSPS) is 14.5. The molecule has 0 unspecified atom stereocenters. The van der Waals surface area contributed by atoms with Gasteiger partial charge in [-0.1, -0.05) is 18.1 Å². The summed E-state index contributed by atoms with van der Waals surface area (Å²) < 4.78 is 2.60. The Kier molecular flexibility index (Phi) is 4.91. The summed E-state index contributed by atoms with van der Waals surface area (Å²) in [4.78, 5) is 31.4. The first-order chi connectivity index (χ1) is 14.8. The number of nitrogens with two attached hydrogens (primary N) is 2. The lowest BCUT2D eigenvalue weighted by Crippen LogP contribution is -2.53. The van der Waals surface area contributed by atoms with E-state index in [4.69, 9.17) is 18.0 Å². The average molecular weight is 416 g/mol. The summed E-state index contributed by atoms with van der Waals surface area (Å²) in [5, 5.41) is 1.23. The van der Waals surface area contributed by atoms with Gasteiger partial charge < -0.3 is 5.73 Å². The van der Waals surface area contributed by atoms with Gasteiger partial charge in [0.15, 0.2) is 0 Å². The fourth-order valence-corrected chi connectivity index (χ4v) is 4.14. The average Bonchev–Trinajstić information content (AvgIpc) is 2.70. The van der Waals surface area contributed by atoms with E-state index < -0.39 is 16.8 Å². The lowest BCUT2D eigenvalue weighted by atomic mass is 9.77. The van der Waals surface area contributed by atoms with E-state index in [9.17, 15) is 9.59 Å². The summed E-state index contributed by atoms with van der Waals surface area (Å²) >= 11 is 0. The Morgan fingerprint density at radius 1 is 1.19 bits per heavy atom. The molecule has 4 N–H and O–H groups in total. The number of hydrazine groups is 1. The van der Waals surface area contributed by atoms with Crippen molar-refractivity contribution in [2.24, 2.45) is 5.84 Å². The van der Waals surface area contributed by atoms with Crippen molar-refractivity contribution in [3.63, 3.8) is 0 Å². The highest BCUT2D eigenvalue weighted by molar-refractivity contribution is 5.74. The van der Waals surface area contributed by atoms with Crippen LogP contribution in [-0.4, -0.2) is 14.1 Å². The minimum Gasteiger partial charge on any atom is -0.397 e. The van der Waals surface area contributed by atoms with E-state index in [0.29, 0.717) is 35.6 Å². The highest BCUT2D eigenvalue weighted by Crippen LogP contribution is 2.39. The summed E-state index contributed by atoms with van der Waals surface area (Å²) in [6, 6.07) is 8.68. The van der Waals surface area contributed by atoms with E-state index in [1.165, 1.54) is 15.8 Å². The van der Waals surface area contributed by atoms with E-state index in [1.807, 2.05) is 6.92 Å². The number of anilines is 3. The molecule has 0 aliphatic heterocycles. The second-order valence-corrected chi connectivity index (χ2v) is 7.87. The maximum Gasteiger partial charge on any atom is 0.337 e. The van der Waals surface area contributed by atoms with Crippen LogP contribution < -0.4 is 27.8 Å². The van der Waals surface area contributed by atoms with Gasteiger partial charge in [0.1, 0.15) is 11.2 Å². The van der Waals surface area contributed by atoms with Gasteiger partial charge in [-0.25, -0.2) is 15.2 Å². The van der Waals surface area contributed by atoms with Crippen LogP contribution in [0.2, 0.25) is 0 Å². The fourth-order valence-electron chi connectivity index (χ4n) is 4.14. The number of aromatic nitrogens is 3. The minimum atomic E-state index is -0.800. The van der Waals surface area contributed by atoms with E-state index in [2.05, 4.69) is 10.9 Å². The number of hydrogen-bond donors (Lipinski definition) is 2. The highest BCUT2D eigenvalue weighted by atomic mass is 16.2. The zero-order valence-corrected chi connectivity index (χ0v) is 17.5. The standard InChI is InChI=1S/C23H24N6O2/c1-4-23(10-7-11-23)28-16(3)20(29(25)19-9-6-5-8-18(19)24)21(30)27(22(28)31)17-12-15(2)13-26-14-17/h1,5-6,8-9,12-14H,7,10-11,24-25H2,2-3H3. The van der Waals surface area contributed by atoms with Crippen molar-refractivity contribution in [1.82, 2.24) is 14.1 Å². The molecule has 0 atom stereocenters. The molecule has 0 saturated heterocycles. The second kappa shape index (κ2) is 7.45. The Morgan fingerprint density at radius 2 is 1.90 bits per heavy atom. The zero-order chi connectivity index (χ0) is 22.3. The zero-order valence-electron chi connectivity index (χ0n) is 17.5. The topological polar surface area (TPSA) is 112 Å². The highest BCUT2D eigenvalue weighted by Gasteiger charge is 2.41. The third kappa shape index (κ3) is 3.10. The number of hydrogen-bond acceptors (Lipinski definition) is 6. The van der Waals surface area contributed by atoms with E-state index in [0.717, 1.165) is 16.6 Å². The minimum absolute atomic E-state index is 0.125. The number of aryl methyl sites for hydroxylation is 1.